The molecule has 0 aliphatic heterocycles. The number of hydrogen-bond acceptors (Lipinski definition) is 7. The number of rotatable bonds is 9. The molecule has 168 valence electrons. The van der Waals surface area contributed by atoms with Gasteiger partial charge in [-0.15, -0.1) is 11.3 Å². The van der Waals surface area contributed by atoms with Gasteiger partial charge < -0.3 is 19.5 Å². The maximum atomic E-state index is 13.0. The van der Waals surface area contributed by atoms with Gasteiger partial charge in [-0.25, -0.2) is 9.37 Å². The van der Waals surface area contributed by atoms with Gasteiger partial charge in [-0.05, 0) is 30.7 Å². The number of nitrogens with zero attached hydrogens (tertiary/aromatic N) is 1. The maximum Gasteiger partial charge on any atom is 0.257 e. The fourth-order valence-electron chi connectivity index (χ4n) is 2.87. The van der Waals surface area contributed by atoms with Gasteiger partial charge in [0.05, 0.1) is 27.0 Å². The standard InChI is InChI=1S/C22H22FN3O5S/c1-29-17-10-16(11-18(30-2)20(17)31-3)24-19(27)9-8-15-12-32-22(25-15)26-21(28)13-4-6-14(23)7-5-13/h4-7,10-12H,8-9H2,1-3H3,(H,24,27)(H,25,26,28). The fourth-order valence-corrected chi connectivity index (χ4v) is 3.61. The van der Waals surface area contributed by atoms with Crippen LogP contribution < -0.4 is 24.8 Å². The second-order valence-electron chi connectivity index (χ2n) is 6.57. The van der Waals surface area contributed by atoms with Crippen molar-refractivity contribution in [2.24, 2.45) is 0 Å². The van der Waals surface area contributed by atoms with E-state index in [2.05, 4.69) is 15.6 Å². The van der Waals surface area contributed by atoms with Crippen LogP contribution in [-0.2, 0) is 11.2 Å². The number of amides is 2. The van der Waals surface area contributed by atoms with Crippen molar-refractivity contribution in [2.45, 2.75) is 12.8 Å². The SMILES string of the molecule is COc1cc(NC(=O)CCc2csc(NC(=O)c3ccc(F)cc3)n2)cc(OC)c1OC. The zero-order chi connectivity index (χ0) is 23.1. The van der Waals surface area contributed by atoms with Crippen LogP contribution in [0.4, 0.5) is 15.2 Å². The third kappa shape index (κ3) is 5.73. The molecule has 3 aromatic rings. The van der Waals surface area contributed by atoms with Gasteiger partial charge in [0.15, 0.2) is 16.6 Å². The van der Waals surface area contributed by atoms with Crippen LogP contribution in [0.25, 0.3) is 0 Å². The van der Waals surface area contributed by atoms with Crippen LogP contribution >= 0.6 is 11.3 Å². The Labute approximate surface area is 188 Å². The van der Waals surface area contributed by atoms with E-state index in [9.17, 15) is 14.0 Å². The Hall–Kier alpha value is -3.66. The first kappa shape index (κ1) is 23.0. The Kier molecular flexibility index (Phi) is 7.61. The predicted octanol–water partition coefficient (Wildman–Crippen LogP) is 4.13. The van der Waals surface area contributed by atoms with Crippen molar-refractivity contribution in [1.29, 1.82) is 0 Å². The smallest absolute Gasteiger partial charge is 0.257 e. The lowest BCUT2D eigenvalue weighted by atomic mass is 10.2. The van der Waals surface area contributed by atoms with E-state index in [1.807, 2.05) is 0 Å². The molecule has 1 aromatic heterocycles. The predicted molar refractivity (Wildman–Crippen MR) is 120 cm³/mol. The molecule has 0 aliphatic rings. The van der Waals surface area contributed by atoms with Crippen LogP contribution in [-0.4, -0.2) is 38.1 Å². The lowest BCUT2D eigenvalue weighted by molar-refractivity contribution is -0.116. The number of ether oxygens (including phenoxy) is 3. The van der Waals surface area contributed by atoms with E-state index in [0.717, 1.165) is 0 Å². The molecule has 1 heterocycles. The number of carbonyl (C=O) groups excluding carboxylic acids is 2. The molecule has 0 fully saturated rings. The highest BCUT2D eigenvalue weighted by Crippen LogP contribution is 2.39. The summed E-state index contributed by atoms with van der Waals surface area (Å²) in [6, 6.07) is 8.51. The summed E-state index contributed by atoms with van der Waals surface area (Å²) < 4.78 is 28.8. The van der Waals surface area contributed by atoms with Gasteiger partial charge in [0, 0.05) is 35.2 Å². The minimum Gasteiger partial charge on any atom is -0.493 e. The first-order valence-corrected chi connectivity index (χ1v) is 10.4. The average molecular weight is 459 g/mol. The monoisotopic (exact) mass is 459 g/mol. The van der Waals surface area contributed by atoms with Crippen LogP contribution in [0.1, 0.15) is 22.5 Å². The van der Waals surface area contributed by atoms with Crippen molar-refractivity contribution < 1.29 is 28.2 Å². The lowest BCUT2D eigenvalue weighted by Crippen LogP contribution is -2.13. The van der Waals surface area contributed by atoms with Crippen molar-refractivity contribution in [3.63, 3.8) is 0 Å². The molecule has 0 aliphatic carbocycles. The van der Waals surface area contributed by atoms with E-state index in [0.29, 0.717) is 45.7 Å². The van der Waals surface area contributed by atoms with Gasteiger partial charge >= 0.3 is 0 Å². The number of halogens is 1. The van der Waals surface area contributed by atoms with Gasteiger partial charge in [0.1, 0.15) is 5.82 Å². The summed E-state index contributed by atoms with van der Waals surface area (Å²) in [6.45, 7) is 0. The first-order chi connectivity index (χ1) is 15.4. The van der Waals surface area contributed by atoms with Crippen molar-refractivity contribution in [2.75, 3.05) is 32.0 Å². The number of thiazole rings is 1. The number of carbonyl (C=O) groups is 2. The molecule has 0 unspecified atom stereocenters. The second kappa shape index (κ2) is 10.6. The number of nitrogens with one attached hydrogen (secondary N) is 2. The molecule has 0 radical (unpaired) electrons. The molecule has 3 rings (SSSR count). The largest absolute Gasteiger partial charge is 0.493 e. The van der Waals surface area contributed by atoms with Crippen molar-refractivity contribution in [3.05, 3.63) is 58.9 Å². The number of benzene rings is 2. The highest BCUT2D eigenvalue weighted by molar-refractivity contribution is 7.14. The van der Waals surface area contributed by atoms with E-state index in [1.54, 1.807) is 17.5 Å². The van der Waals surface area contributed by atoms with Crippen molar-refractivity contribution >= 4 is 34.0 Å². The van der Waals surface area contributed by atoms with Crippen LogP contribution in [0.2, 0.25) is 0 Å². The minimum atomic E-state index is -0.414. The molecular formula is C22H22FN3O5S. The summed E-state index contributed by atoms with van der Waals surface area (Å²) in [4.78, 5) is 28.9. The average Bonchev–Trinajstić information content (AvgIpc) is 3.24. The highest BCUT2D eigenvalue weighted by atomic mass is 32.1. The molecular weight excluding hydrogens is 437 g/mol. The van der Waals surface area contributed by atoms with E-state index in [-0.39, 0.29) is 18.2 Å². The third-order valence-electron chi connectivity index (χ3n) is 4.44. The topological polar surface area (TPSA) is 98.8 Å². The van der Waals surface area contributed by atoms with E-state index < -0.39 is 5.82 Å². The Morgan fingerprint density at radius 1 is 1.00 bits per heavy atom. The highest BCUT2D eigenvalue weighted by Gasteiger charge is 2.15. The third-order valence-corrected chi connectivity index (χ3v) is 5.24. The van der Waals surface area contributed by atoms with Crippen LogP contribution in [0.3, 0.4) is 0 Å². The van der Waals surface area contributed by atoms with Gasteiger partial charge in [-0.3, -0.25) is 14.9 Å². The Balaban J connectivity index is 1.56. The van der Waals surface area contributed by atoms with Crippen molar-refractivity contribution in [1.82, 2.24) is 4.98 Å². The number of aryl methyl sites for hydroxylation is 1. The number of methoxy groups -OCH3 is 3. The summed E-state index contributed by atoms with van der Waals surface area (Å²) >= 11 is 1.25. The molecule has 0 spiro atoms. The Morgan fingerprint density at radius 2 is 1.66 bits per heavy atom. The molecule has 2 amide bonds. The minimum absolute atomic E-state index is 0.186. The van der Waals surface area contributed by atoms with Crippen molar-refractivity contribution in [3.8, 4) is 17.2 Å². The second-order valence-corrected chi connectivity index (χ2v) is 7.43. The lowest BCUT2D eigenvalue weighted by Gasteiger charge is -2.14. The molecule has 0 atom stereocenters. The van der Waals surface area contributed by atoms with Gasteiger partial charge in [0.2, 0.25) is 11.7 Å². The molecule has 0 saturated heterocycles. The van der Waals surface area contributed by atoms with Crippen LogP contribution in [0, 0.1) is 5.82 Å². The number of aromatic nitrogens is 1. The van der Waals surface area contributed by atoms with Gasteiger partial charge in [-0.1, -0.05) is 0 Å². The Bertz CT molecular complexity index is 1080. The molecule has 2 aromatic carbocycles. The summed E-state index contributed by atoms with van der Waals surface area (Å²) in [5, 5.41) is 7.64. The zero-order valence-corrected chi connectivity index (χ0v) is 18.5. The summed E-state index contributed by atoms with van der Waals surface area (Å²) in [6.07, 6.45) is 0.574. The molecule has 8 nitrogen and oxygen atoms in total. The maximum absolute atomic E-state index is 13.0. The number of anilines is 2. The summed E-state index contributed by atoms with van der Waals surface area (Å²) in [5.41, 5.74) is 1.51. The zero-order valence-electron chi connectivity index (χ0n) is 17.7. The molecule has 32 heavy (non-hydrogen) atoms. The number of hydrogen-bond donors (Lipinski definition) is 2. The summed E-state index contributed by atoms with van der Waals surface area (Å²) in [5.74, 6) is 0.287. The van der Waals surface area contributed by atoms with E-state index in [4.69, 9.17) is 14.2 Å². The fraction of sp³-hybridized carbons (Fsp3) is 0.227. The quantitative estimate of drug-likeness (QED) is 0.499. The van der Waals surface area contributed by atoms with Crippen LogP contribution in [0.5, 0.6) is 17.2 Å². The van der Waals surface area contributed by atoms with E-state index in [1.165, 1.54) is 56.9 Å². The van der Waals surface area contributed by atoms with Crippen LogP contribution in [0.15, 0.2) is 41.8 Å². The Morgan fingerprint density at radius 3 is 2.25 bits per heavy atom. The van der Waals surface area contributed by atoms with E-state index >= 15 is 0 Å². The molecule has 0 bridgehead atoms. The first-order valence-electron chi connectivity index (χ1n) is 9.54. The summed E-state index contributed by atoms with van der Waals surface area (Å²) in [7, 11) is 4.50. The molecule has 0 saturated carbocycles. The van der Waals surface area contributed by atoms with Gasteiger partial charge in [0.25, 0.3) is 5.91 Å². The molecule has 2 N–H and O–H groups in total. The molecule has 10 heteroatoms. The normalized spacial score (nSPS) is 10.4. The van der Waals surface area contributed by atoms with Gasteiger partial charge in [-0.2, -0.15) is 0 Å².